The van der Waals surface area contributed by atoms with E-state index < -0.39 is 0 Å². The number of esters is 1. The molecule has 0 aliphatic heterocycles. The van der Waals surface area contributed by atoms with Gasteiger partial charge in [-0.2, -0.15) is 0 Å². The normalized spacial score (nSPS) is 19.2. The first-order valence-electron chi connectivity index (χ1n) is 8.28. The Kier molecular flexibility index (Phi) is 6.85. The van der Waals surface area contributed by atoms with Gasteiger partial charge in [-0.1, -0.05) is 24.3 Å². The summed E-state index contributed by atoms with van der Waals surface area (Å²) in [4.78, 5) is 30.3. The Balaban J connectivity index is 2.19. The molecular formula is C18H24N4O3. The zero-order valence-electron chi connectivity index (χ0n) is 14.5. The van der Waals surface area contributed by atoms with Gasteiger partial charge < -0.3 is 15.8 Å². The van der Waals surface area contributed by atoms with E-state index in [0.717, 1.165) is 0 Å². The van der Waals surface area contributed by atoms with Crippen LogP contribution in [0.1, 0.15) is 13.3 Å². The van der Waals surface area contributed by atoms with E-state index in [1.807, 2.05) is 13.1 Å². The lowest BCUT2D eigenvalue weighted by Crippen LogP contribution is -2.44. The Hall–Kier alpha value is -2.51. The molecule has 1 heterocycles. The topological polar surface area (TPSA) is 97.5 Å². The molecule has 7 heteroatoms. The van der Waals surface area contributed by atoms with Crippen molar-refractivity contribution in [1.82, 2.24) is 10.3 Å². The second-order valence-corrected chi connectivity index (χ2v) is 5.57. The highest BCUT2D eigenvalue weighted by Crippen LogP contribution is 2.18. The summed E-state index contributed by atoms with van der Waals surface area (Å²) in [5.41, 5.74) is 6.55. The number of likely N-dealkylation sites (N-methyl/N-ethyl adjacent to an activating group) is 1. The Labute approximate surface area is 147 Å². The van der Waals surface area contributed by atoms with Gasteiger partial charge in [-0.05, 0) is 26.1 Å². The first-order chi connectivity index (χ1) is 12.1. The van der Waals surface area contributed by atoms with Gasteiger partial charge in [0, 0.05) is 30.4 Å². The van der Waals surface area contributed by atoms with Crippen molar-refractivity contribution in [2.75, 3.05) is 25.1 Å². The summed E-state index contributed by atoms with van der Waals surface area (Å²) in [6, 6.07) is 4.97. The van der Waals surface area contributed by atoms with Crippen molar-refractivity contribution >= 4 is 17.7 Å². The second-order valence-electron chi connectivity index (χ2n) is 5.57. The van der Waals surface area contributed by atoms with Crippen LogP contribution in [-0.4, -0.2) is 49.1 Å². The summed E-state index contributed by atoms with van der Waals surface area (Å²) in [7, 11) is 1.81. The van der Waals surface area contributed by atoms with Crippen LogP contribution in [0.3, 0.4) is 0 Å². The first kappa shape index (κ1) is 18.8. The standard InChI is InChI=1S/C18H24N4O3/c1-3-25-17(23)9-11-22(16-6-4-5-10-21-16)18(24)13-7-8-15(20-2)14(19)12-13/h4-8,10,12,14-15,20H,3,9,11,19H2,1-2H3. The van der Waals surface area contributed by atoms with Crippen molar-refractivity contribution in [3.05, 3.63) is 48.2 Å². The number of ether oxygens (including phenoxy) is 1. The van der Waals surface area contributed by atoms with Crippen LogP contribution < -0.4 is 16.0 Å². The molecule has 2 unspecified atom stereocenters. The number of carbonyl (C=O) groups excluding carboxylic acids is 2. The zero-order valence-corrected chi connectivity index (χ0v) is 14.5. The Bertz CT molecular complexity index is 658. The molecule has 1 aromatic rings. The maximum atomic E-state index is 12.9. The van der Waals surface area contributed by atoms with Crippen molar-refractivity contribution in [3.8, 4) is 0 Å². The van der Waals surface area contributed by atoms with E-state index in [1.165, 1.54) is 4.90 Å². The number of anilines is 1. The van der Waals surface area contributed by atoms with Gasteiger partial charge in [-0.15, -0.1) is 0 Å². The van der Waals surface area contributed by atoms with Crippen molar-refractivity contribution in [1.29, 1.82) is 0 Å². The summed E-state index contributed by atoms with van der Waals surface area (Å²) in [6.07, 6.45) is 7.03. The van der Waals surface area contributed by atoms with Crippen LogP contribution in [-0.2, 0) is 14.3 Å². The molecule has 1 aromatic heterocycles. The van der Waals surface area contributed by atoms with E-state index >= 15 is 0 Å². The van der Waals surface area contributed by atoms with Crippen LogP contribution in [0.2, 0.25) is 0 Å². The lowest BCUT2D eigenvalue weighted by molar-refractivity contribution is -0.142. The van der Waals surface area contributed by atoms with Gasteiger partial charge in [0.25, 0.3) is 5.91 Å². The summed E-state index contributed by atoms with van der Waals surface area (Å²) in [5.74, 6) is -0.115. The summed E-state index contributed by atoms with van der Waals surface area (Å²) in [6.45, 7) is 2.24. The van der Waals surface area contributed by atoms with Crippen LogP contribution in [0.25, 0.3) is 0 Å². The van der Waals surface area contributed by atoms with Gasteiger partial charge in [-0.25, -0.2) is 4.98 Å². The number of rotatable bonds is 7. The number of carbonyl (C=O) groups is 2. The van der Waals surface area contributed by atoms with E-state index in [9.17, 15) is 9.59 Å². The first-order valence-corrected chi connectivity index (χ1v) is 8.28. The van der Waals surface area contributed by atoms with Gasteiger partial charge in [0.15, 0.2) is 0 Å². The minimum absolute atomic E-state index is 0.0145. The third-order valence-electron chi connectivity index (χ3n) is 3.87. The highest BCUT2D eigenvalue weighted by Gasteiger charge is 2.24. The molecule has 7 nitrogen and oxygen atoms in total. The van der Waals surface area contributed by atoms with Gasteiger partial charge in [-0.3, -0.25) is 14.5 Å². The number of nitrogens with two attached hydrogens (primary N) is 1. The maximum absolute atomic E-state index is 12.9. The molecule has 2 rings (SSSR count). The van der Waals surface area contributed by atoms with E-state index in [0.29, 0.717) is 18.0 Å². The average Bonchev–Trinajstić information content (AvgIpc) is 2.62. The number of hydrogen-bond acceptors (Lipinski definition) is 6. The molecular weight excluding hydrogens is 320 g/mol. The van der Waals surface area contributed by atoms with Crippen LogP contribution in [0.4, 0.5) is 5.82 Å². The molecule has 25 heavy (non-hydrogen) atoms. The number of nitrogens with one attached hydrogen (secondary N) is 1. The van der Waals surface area contributed by atoms with E-state index in [1.54, 1.807) is 43.5 Å². The highest BCUT2D eigenvalue weighted by atomic mass is 16.5. The van der Waals surface area contributed by atoms with Crippen molar-refractivity contribution in [3.63, 3.8) is 0 Å². The minimum atomic E-state index is -0.351. The molecule has 0 aromatic carbocycles. The van der Waals surface area contributed by atoms with E-state index in [2.05, 4.69) is 10.3 Å². The Morgan fingerprint density at radius 1 is 1.40 bits per heavy atom. The maximum Gasteiger partial charge on any atom is 0.307 e. The van der Waals surface area contributed by atoms with Crippen molar-refractivity contribution in [2.24, 2.45) is 5.73 Å². The molecule has 3 N–H and O–H groups in total. The van der Waals surface area contributed by atoms with E-state index in [4.69, 9.17) is 10.5 Å². The smallest absolute Gasteiger partial charge is 0.307 e. The SMILES string of the molecule is CCOC(=O)CCN(C(=O)C1=CC(N)C(NC)C=C1)c1ccccn1. The molecule has 1 aliphatic rings. The zero-order chi connectivity index (χ0) is 18.2. The molecule has 0 saturated heterocycles. The molecule has 0 spiro atoms. The summed E-state index contributed by atoms with van der Waals surface area (Å²) >= 11 is 0. The molecule has 2 atom stereocenters. The predicted octanol–water partition coefficient (Wildman–Crippen LogP) is 0.779. The average molecular weight is 344 g/mol. The monoisotopic (exact) mass is 344 g/mol. The summed E-state index contributed by atoms with van der Waals surface area (Å²) in [5, 5.41) is 3.07. The fraction of sp³-hybridized carbons (Fsp3) is 0.389. The van der Waals surface area contributed by atoms with Gasteiger partial charge >= 0.3 is 5.97 Å². The number of hydrogen-bond donors (Lipinski definition) is 2. The van der Waals surface area contributed by atoms with Crippen LogP contribution in [0.5, 0.6) is 0 Å². The third-order valence-corrected chi connectivity index (χ3v) is 3.87. The van der Waals surface area contributed by atoms with Gasteiger partial charge in [0.2, 0.25) is 0 Å². The fourth-order valence-corrected chi connectivity index (χ4v) is 2.56. The Morgan fingerprint density at radius 2 is 2.20 bits per heavy atom. The molecule has 0 radical (unpaired) electrons. The lowest BCUT2D eigenvalue weighted by Gasteiger charge is -2.26. The van der Waals surface area contributed by atoms with Crippen LogP contribution in [0.15, 0.2) is 48.2 Å². The van der Waals surface area contributed by atoms with Crippen LogP contribution in [0, 0.1) is 0 Å². The highest BCUT2D eigenvalue weighted by molar-refractivity contribution is 6.07. The number of pyridine rings is 1. The quantitative estimate of drug-likeness (QED) is 0.710. The van der Waals surface area contributed by atoms with Crippen LogP contribution >= 0.6 is 0 Å². The van der Waals surface area contributed by atoms with E-state index in [-0.39, 0.29) is 36.9 Å². The lowest BCUT2D eigenvalue weighted by atomic mass is 9.98. The number of amides is 1. The molecule has 134 valence electrons. The van der Waals surface area contributed by atoms with Crippen molar-refractivity contribution in [2.45, 2.75) is 25.4 Å². The number of nitrogens with zero attached hydrogens (tertiary/aromatic N) is 2. The third kappa shape index (κ3) is 4.98. The Morgan fingerprint density at radius 3 is 2.80 bits per heavy atom. The second kappa shape index (κ2) is 9.10. The molecule has 0 saturated carbocycles. The minimum Gasteiger partial charge on any atom is -0.466 e. The van der Waals surface area contributed by atoms with Gasteiger partial charge in [0.05, 0.1) is 13.0 Å². The largest absolute Gasteiger partial charge is 0.466 e. The molecule has 1 amide bonds. The molecule has 0 fully saturated rings. The number of aromatic nitrogens is 1. The predicted molar refractivity (Wildman–Crippen MR) is 95.9 cm³/mol. The molecule has 0 bridgehead atoms. The van der Waals surface area contributed by atoms with Crippen molar-refractivity contribution < 1.29 is 14.3 Å². The van der Waals surface area contributed by atoms with Gasteiger partial charge in [0.1, 0.15) is 5.82 Å². The molecule has 1 aliphatic carbocycles. The summed E-state index contributed by atoms with van der Waals surface area (Å²) < 4.78 is 4.94. The fourth-order valence-electron chi connectivity index (χ4n) is 2.56.